The minimum Gasteiger partial charge on any atom is -0.493 e. The molecule has 5 aromatic rings. The van der Waals surface area contributed by atoms with Crippen LogP contribution in [0.5, 0.6) is 23.0 Å². The van der Waals surface area contributed by atoms with E-state index in [2.05, 4.69) is 54.4 Å². The van der Waals surface area contributed by atoms with Crippen LogP contribution >= 0.6 is 11.8 Å². The van der Waals surface area contributed by atoms with Crippen molar-refractivity contribution in [3.05, 3.63) is 124 Å². The van der Waals surface area contributed by atoms with Gasteiger partial charge in [0.15, 0.2) is 23.0 Å². The number of fused-ring (bicyclic) bond motifs is 8. The lowest BCUT2D eigenvalue weighted by molar-refractivity contribution is 0.0264. The molecule has 0 bridgehead atoms. The Morgan fingerprint density at radius 2 is 1.37 bits per heavy atom. The van der Waals surface area contributed by atoms with Gasteiger partial charge in [-0.15, -0.1) is 0 Å². The molecular formula is C56H65N5O9S. The molecule has 1 N–H and O–H groups in total. The summed E-state index contributed by atoms with van der Waals surface area (Å²) in [5.74, 6) is 2.79. The fourth-order valence-electron chi connectivity index (χ4n) is 9.77. The number of aliphatic imine (C=N–C) groups is 1. The highest BCUT2D eigenvalue weighted by atomic mass is 32.2. The van der Waals surface area contributed by atoms with Crippen LogP contribution in [0.3, 0.4) is 0 Å². The summed E-state index contributed by atoms with van der Waals surface area (Å²) < 4.78 is 42.0. The first-order valence-corrected chi connectivity index (χ1v) is 25.8. The van der Waals surface area contributed by atoms with Crippen LogP contribution in [0.25, 0.3) is 0 Å². The van der Waals surface area contributed by atoms with Gasteiger partial charge in [0.1, 0.15) is 13.2 Å². The van der Waals surface area contributed by atoms with E-state index in [0.717, 1.165) is 65.3 Å². The summed E-state index contributed by atoms with van der Waals surface area (Å²) in [6.07, 6.45) is 5.66. The molecular weight excluding hydrogens is 919 g/mol. The van der Waals surface area contributed by atoms with Crippen LogP contribution in [-0.2, 0) is 40.3 Å². The van der Waals surface area contributed by atoms with Crippen molar-refractivity contribution < 1.29 is 42.7 Å². The highest BCUT2D eigenvalue weighted by molar-refractivity contribution is 7.99. The Morgan fingerprint density at radius 3 is 2.07 bits per heavy atom. The van der Waals surface area contributed by atoms with Crippen molar-refractivity contribution in [1.82, 2.24) is 0 Å². The van der Waals surface area contributed by atoms with Crippen LogP contribution in [0, 0.1) is 0 Å². The van der Waals surface area contributed by atoms with E-state index in [1.54, 1.807) is 39.5 Å². The Labute approximate surface area is 421 Å². The minimum atomic E-state index is -0.179. The Kier molecular flexibility index (Phi) is 16.3. The minimum absolute atomic E-state index is 0.00163. The maximum absolute atomic E-state index is 14.2. The highest BCUT2D eigenvalue weighted by Gasteiger charge is 2.39. The quantitative estimate of drug-likeness (QED) is 0.0591. The molecule has 0 aliphatic carbocycles. The molecule has 0 unspecified atom stereocenters. The molecule has 2 amide bonds. The summed E-state index contributed by atoms with van der Waals surface area (Å²) in [6, 6.07) is 29.6. The number of carbonyl (C=O) groups excluding carboxylic acids is 2. The molecule has 0 aromatic heterocycles. The van der Waals surface area contributed by atoms with E-state index in [4.69, 9.17) is 38.2 Å². The SMILES string of the molecule is CCCCS[C@@H](C)CN(CCOCCOCCOC)c1cc(COc2cc3c(cc2OC)C(=O)N2c4ccccc4C[C@H]2C=N3)cc(COc2cc3c(cc2OC)C(=O)N2c4ccccc4C[C@H]2CN3)c1. The maximum Gasteiger partial charge on any atom is 0.261 e. The molecule has 5 aromatic carbocycles. The van der Waals surface area contributed by atoms with E-state index in [1.807, 2.05) is 70.2 Å². The lowest BCUT2D eigenvalue weighted by Gasteiger charge is -2.29. The van der Waals surface area contributed by atoms with Crippen LogP contribution in [0.4, 0.5) is 28.4 Å². The topological polar surface area (TPSA) is 133 Å². The standard InChI is InChI=1S/C56H65N5O9S/c1-6-7-22-71-37(2)34-59(16-17-67-20-21-68-19-18-64-3)42-24-38(35-69-53-30-47-45(28-51(53)65-4)55(62)60-43(32-57-47)26-40-12-8-10-14-49(40)60)23-39(25-42)36-70-54-31-48-46(29-52(54)66-5)56(63)61-44(33-58-48)27-41-13-9-11-15-50(41)61/h8-15,23-25,28-32,37,43-44,58H,6-7,16-22,26-27,33-36H2,1-5H3/t37-,43-,44-/m0/s1. The zero-order valence-corrected chi connectivity index (χ0v) is 42.3. The molecule has 0 fully saturated rings. The Hall–Kier alpha value is -6.26. The van der Waals surface area contributed by atoms with Crippen LogP contribution in [0.2, 0.25) is 0 Å². The number of methoxy groups -OCH3 is 3. The van der Waals surface area contributed by atoms with Crippen molar-refractivity contribution in [3.63, 3.8) is 0 Å². The zero-order valence-electron chi connectivity index (χ0n) is 41.4. The number of thioether (sulfide) groups is 1. The number of unbranched alkanes of at least 4 members (excludes halogenated alkanes) is 1. The third-order valence-corrected chi connectivity index (χ3v) is 14.6. The number of para-hydroxylation sites is 2. The molecule has 15 heteroatoms. The van der Waals surface area contributed by atoms with E-state index >= 15 is 0 Å². The fraction of sp³-hybridized carbons (Fsp3) is 0.411. The second-order valence-corrected chi connectivity index (χ2v) is 19.8. The van der Waals surface area contributed by atoms with E-state index in [1.165, 1.54) is 5.56 Å². The Morgan fingerprint density at radius 1 is 0.732 bits per heavy atom. The smallest absolute Gasteiger partial charge is 0.261 e. The number of nitrogens with zero attached hydrogens (tertiary/aromatic N) is 4. The van der Waals surface area contributed by atoms with Gasteiger partial charge in [0, 0.05) is 73.8 Å². The first-order chi connectivity index (χ1) is 34.8. The van der Waals surface area contributed by atoms with Gasteiger partial charge in [0.25, 0.3) is 11.8 Å². The van der Waals surface area contributed by atoms with Gasteiger partial charge in [-0.05, 0) is 83.3 Å². The molecule has 14 nitrogen and oxygen atoms in total. The first-order valence-electron chi connectivity index (χ1n) is 24.7. The van der Waals surface area contributed by atoms with E-state index in [0.29, 0.717) is 103 Å². The van der Waals surface area contributed by atoms with Gasteiger partial charge >= 0.3 is 0 Å². The number of nitrogens with one attached hydrogen (secondary N) is 1. The average molecular weight is 984 g/mol. The molecule has 4 aliphatic heterocycles. The number of rotatable bonds is 24. The number of anilines is 4. The summed E-state index contributed by atoms with van der Waals surface area (Å²) in [4.78, 5) is 39.3. The number of benzene rings is 5. The molecule has 71 heavy (non-hydrogen) atoms. The van der Waals surface area contributed by atoms with Gasteiger partial charge < -0.3 is 48.3 Å². The lowest BCUT2D eigenvalue weighted by Crippen LogP contribution is -2.39. The lowest BCUT2D eigenvalue weighted by atomic mass is 10.1. The van der Waals surface area contributed by atoms with Crippen LogP contribution < -0.4 is 39.0 Å². The molecule has 9 rings (SSSR count). The number of hydrogen-bond acceptors (Lipinski definition) is 13. The summed E-state index contributed by atoms with van der Waals surface area (Å²) in [7, 11) is 4.84. The molecule has 0 saturated heterocycles. The Balaban J connectivity index is 0.993. The molecule has 0 saturated carbocycles. The molecule has 3 atom stereocenters. The summed E-state index contributed by atoms with van der Waals surface area (Å²) in [5.41, 5.74) is 9.19. The van der Waals surface area contributed by atoms with E-state index in [9.17, 15) is 9.59 Å². The average Bonchev–Trinajstić information content (AvgIpc) is 3.88. The third-order valence-electron chi connectivity index (χ3n) is 13.4. The van der Waals surface area contributed by atoms with Crippen molar-refractivity contribution >= 4 is 58.2 Å². The van der Waals surface area contributed by atoms with Crippen LogP contribution in [-0.4, -0.2) is 115 Å². The molecule has 4 aliphatic rings. The summed E-state index contributed by atoms with van der Waals surface area (Å²) >= 11 is 1.98. The van der Waals surface area contributed by atoms with Crippen molar-refractivity contribution in [1.29, 1.82) is 0 Å². The number of ether oxygens (including phenoxy) is 7. The van der Waals surface area contributed by atoms with Gasteiger partial charge in [-0.25, -0.2) is 0 Å². The number of amides is 2. The van der Waals surface area contributed by atoms with Crippen molar-refractivity contribution in [3.8, 4) is 23.0 Å². The van der Waals surface area contributed by atoms with Gasteiger partial charge in [-0.2, -0.15) is 11.8 Å². The third kappa shape index (κ3) is 11.3. The van der Waals surface area contributed by atoms with E-state index in [-0.39, 0.29) is 37.1 Å². The van der Waals surface area contributed by atoms with E-state index < -0.39 is 0 Å². The highest BCUT2D eigenvalue weighted by Crippen LogP contribution is 2.43. The normalized spacial score (nSPS) is 16.7. The van der Waals surface area contributed by atoms with Crippen LogP contribution in [0.15, 0.2) is 96.0 Å². The number of hydrogen-bond donors (Lipinski definition) is 1. The molecule has 0 spiro atoms. The van der Waals surface area contributed by atoms with Crippen molar-refractivity contribution in [2.75, 3.05) is 99.8 Å². The summed E-state index contributed by atoms with van der Waals surface area (Å²) in [6.45, 7) is 9.47. The Bertz CT molecular complexity index is 2720. The number of carbonyl (C=O) groups is 2. The second-order valence-electron chi connectivity index (χ2n) is 18.2. The monoisotopic (exact) mass is 983 g/mol. The van der Waals surface area contributed by atoms with Gasteiger partial charge in [0.05, 0.1) is 81.8 Å². The van der Waals surface area contributed by atoms with Crippen molar-refractivity contribution in [2.24, 2.45) is 4.99 Å². The summed E-state index contributed by atoms with van der Waals surface area (Å²) in [5, 5.41) is 3.90. The molecule has 4 heterocycles. The van der Waals surface area contributed by atoms with Crippen LogP contribution in [0.1, 0.15) is 69.7 Å². The van der Waals surface area contributed by atoms with Gasteiger partial charge in [-0.3, -0.25) is 19.5 Å². The zero-order chi connectivity index (χ0) is 49.3. The predicted molar refractivity (Wildman–Crippen MR) is 282 cm³/mol. The van der Waals surface area contributed by atoms with Crippen molar-refractivity contribution in [2.45, 2.75) is 70.1 Å². The second kappa shape index (κ2) is 23.3. The largest absolute Gasteiger partial charge is 0.493 e. The van der Waals surface area contributed by atoms with Gasteiger partial charge in [0.2, 0.25) is 0 Å². The fourth-order valence-corrected chi connectivity index (χ4v) is 10.9. The first kappa shape index (κ1) is 49.7. The molecule has 374 valence electrons. The maximum atomic E-state index is 14.2. The predicted octanol–water partition coefficient (Wildman–Crippen LogP) is 9.55. The molecule has 0 radical (unpaired) electrons. The van der Waals surface area contributed by atoms with Gasteiger partial charge in [-0.1, -0.05) is 56.7 Å².